The topological polar surface area (TPSA) is 84.9 Å². The highest BCUT2D eigenvalue weighted by Crippen LogP contribution is 2.20. The first-order valence-electron chi connectivity index (χ1n) is 9.68. The molecule has 1 saturated heterocycles. The van der Waals surface area contributed by atoms with E-state index in [1.165, 1.54) is 12.5 Å². The summed E-state index contributed by atoms with van der Waals surface area (Å²) in [6.07, 6.45) is 4.32. The van der Waals surface area contributed by atoms with Gasteiger partial charge in [0.1, 0.15) is 24.4 Å². The standard InChI is InChI=1S/C22H21BrN2O5/c23-16-2-1-3-18(12-16)29-14-19-4-5-20(30-19)21(26)24-17-6-9-25(10-7-17)22(27)15-8-11-28-13-15/h1-5,8,11-13,17H,6-7,9-10,14H2,(H,24,26). The summed E-state index contributed by atoms with van der Waals surface area (Å²) in [5.74, 6) is 1.22. The predicted octanol–water partition coefficient (Wildman–Crippen LogP) is 4.25. The van der Waals surface area contributed by atoms with Crippen molar-refractivity contribution in [3.63, 3.8) is 0 Å². The molecule has 3 heterocycles. The normalized spacial score (nSPS) is 14.5. The van der Waals surface area contributed by atoms with Gasteiger partial charge < -0.3 is 23.8 Å². The fourth-order valence-electron chi connectivity index (χ4n) is 3.34. The lowest BCUT2D eigenvalue weighted by atomic mass is 10.0. The molecule has 2 amide bonds. The van der Waals surface area contributed by atoms with E-state index in [1.54, 1.807) is 23.1 Å². The van der Waals surface area contributed by atoms with Crippen LogP contribution in [0.3, 0.4) is 0 Å². The molecular formula is C22H21BrN2O5. The number of hydrogen-bond acceptors (Lipinski definition) is 5. The minimum Gasteiger partial charge on any atom is -0.486 e. The van der Waals surface area contributed by atoms with Crippen LogP contribution in [-0.4, -0.2) is 35.8 Å². The minimum absolute atomic E-state index is 0.00244. The second kappa shape index (κ2) is 9.21. The second-order valence-electron chi connectivity index (χ2n) is 7.06. The smallest absolute Gasteiger partial charge is 0.287 e. The fourth-order valence-corrected chi connectivity index (χ4v) is 3.72. The molecule has 7 nitrogen and oxygen atoms in total. The fraction of sp³-hybridized carbons (Fsp3) is 0.273. The Morgan fingerprint density at radius 1 is 1.17 bits per heavy atom. The number of likely N-dealkylation sites (tertiary alicyclic amines) is 1. The molecule has 3 aromatic rings. The zero-order chi connectivity index (χ0) is 20.9. The van der Waals surface area contributed by atoms with Gasteiger partial charge in [-0.1, -0.05) is 22.0 Å². The van der Waals surface area contributed by atoms with Crippen molar-refractivity contribution in [2.24, 2.45) is 0 Å². The van der Waals surface area contributed by atoms with Crippen LogP contribution in [0.15, 0.2) is 68.3 Å². The molecule has 1 aromatic carbocycles. The van der Waals surface area contributed by atoms with Gasteiger partial charge in [0.05, 0.1) is 11.8 Å². The average Bonchev–Trinajstić information content (AvgIpc) is 3.45. The highest BCUT2D eigenvalue weighted by Gasteiger charge is 2.26. The van der Waals surface area contributed by atoms with Gasteiger partial charge >= 0.3 is 0 Å². The van der Waals surface area contributed by atoms with E-state index >= 15 is 0 Å². The summed E-state index contributed by atoms with van der Waals surface area (Å²) in [7, 11) is 0. The molecule has 0 atom stereocenters. The zero-order valence-electron chi connectivity index (χ0n) is 16.2. The first-order chi connectivity index (χ1) is 14.6. The van der Waals surface area contributed by atoms with Crippen molar-refractivity contribution in [2.45, 2.75) is 25.5 Å². The van der Waals surface area contributed by atoms with Crippen molar-refractivity contribution in [3.8, 4) is 5.75 Å². The largest absolute Gasteiger partial charge is 0.486 e. The van der Waals surface area contributed by atoms with Crippen molar-refractivity contribution in [1.82, 2.24) is 10.2 Å². The summed E-state index contributed by atoms with van der Waals surface area (Å²) in [5.41, 5.74) is 0.547. The molecule has 1 fully saturated rings. The monoisotopic (exact) mass is 472 g/mol. The number of amides is 2. The maximum Gasteiger partial charge on any atom is 0.287 e. The Hall–Kier alpha value is -3.00. The number of nitrogens with zero attached hydrogens (tertiary/aromatic N) is 1. The predicted molar refractivity (Wildman–Crippen MR) is 112 cm³/mol. The Labute approximate surface area is 182 Å². The van der Waals surface area contributed by atoms with Crippen LogP contribution in [0.1, 0.15) is 39.5 Å². The molecule has 156 valence electrons. The van der Waals surface area contributed by atoms with E-state index < -0.39 is 0 Å². The van der Waals surface area contributed by atoms with Crippen molar-refractivity contribution < 1.29 is 23.2 Å². The number of ether oxygens (including phenoxy) is 1. The zero-order valence-corrected chi connectivity index (χ0v) is 17.8. The minimum atomic E-state index is -0.261. The van der Waals surface area contributed by atoms with Gasteiger partial charge in [-0.05, 0) is 49.2 Å². The van der Waals surface area contributed by atoms with Crippen LogP contribution >= 0.6 is 15.9 Å². The Morgan fingerprint density at radius 2 is 2.00 bits per heavy atom. The maximum absolute atomic E-state index is 12.5. The van der Waals surface area contributed by atoms with Crippen molar-refractivity contribution >= 4 is 27.7 Å². The van der Waals surface area contributed by atoms with Gasteiger partial charge in [-0.25, -0.2) is 0 Å². The molecule has 0 spiro atoms. The number of benzene rings is 1. The third-order valence-corrected chi connectivity index (χ3v) is 5.44. The molecule has 30 heavy (non-hydrogen) atoms. The number of rotatable bonds is 6. The molecule has 1 N–H and O–H groups in total. The van der Waals surface area contributed by atoms with Gasteiger partial charge in [0.2, 0.25) is 0 Å². The van der Waals surface area contributed by atoms with Gasteiger partial charge in [0.25, 0.3) is 11.8 Å². The van der Waals surface area contributed by atoms with E-state index in [0.29, 0.717) is 43.0 Å². The highest BCUT2D eigenvalue weighted by molar-refractivity contribution is 9.10. The lowest BCUT2D eigenvalue weighted by Gasteiger charge is -2.32. The van der Waals surface area contributed by atoms with Gasteiger partial charge in [-0.2, -0.15) is 0 Å². The molecule has 0 radical (unpaired) electrons. The summed E-state index contributed by atoms with van der Waals surface area (Å²) >= 11 is 3.40. The van der Waals surface area contributed by atoms with Crippen LogP contribution in [0.5, 0.6) is 5.75 Å². The maximum atomic E-state index is 12.5. The van der Waals surface area contributed by atoms with Crippen molar-refractivity contribution in [2.75, 3.05) is 13.1 Å². The van der Waals surface area contributed by atoms with E-state index in [2.05, 4.69) is 21.2 Å². The van der Waals surface area contributed by atoms with Crippen LogP contribution in [0.2, 0.25) is 0 Å². The molecule has 2 aromatic heterocycles. The van der Waals surface area contributed by atoms with Gasteiger partial charge in [-0.15, -0.1) is 0 Å². The summed E-state index contributed by atoms with van der Waals surface area (Å²) in [5, 5.41) is 2.99. The first kappa shape index (κ1) is 20.3. The lowest BCUT2D eigenvalue weighted by Crippen LogP contribution is -2.46. The Morgan fingerprint density at radius 3 is 2.73 bits per heavy atom. The number of hydrogen-bond donors (Lipinski definition) is 1. The van der Waals surface area contributed by atoms with Crippen LogP contribution in [0.25, 0.3) is 0 Å². The molecule has 0 unspecified atom stereocenters. The molecule has 0 saturated carbocycles. The molecular weight excluding hydrogens is 452 g/mol. The van der Waals surface area contributed by atoms with Crippen LogP contribution in [0, 0.1) is 0 Å². The van der Waals surface area contributed by atoms with E-state index in [-0.39, 0.29) is 30.2 Å². The number of carbonyl (C=O) groups excluding carboxylic acids is 2. The van der Waals surface area contributed by atoms with Crippen LogP contribution in [0.4, 0.5) is 0 Å². The third-order valence-electron chi connectivity index (χ3n) is 4.95. The number of furan rings is 2. The second-order valence-corrected chi connectivity index (χ2v) is 7.98. The molecule has 0 bridgehead atoms. The van der Waals surface area contributed by atoms with E-state index in [4.69, 9.17) is 13.6 Å². The summed E-state index contributed by atoms with van der Waals surface area (Å²) in [6, 6.07) is 12.5. The Balaban J connectivity index is 1.25. The first-order valence-corrected chi connectivity index (χ1v) is 10.5. The van der Waals surface area contributed by atoms with Crippen LogP contribution in [-0.2, 0) is 6.61 Å². The average molecular weight is 473 g/mol. The molecule has 8 heteroatoms. The Bertz CT molecular complexity index is 1010. The van der Waals surface area contributed by atoms with Gasteiger partial charge in [-0.3, -0.25) is 9.59 Å². The van der Waals surface area contributed by atoms with E-state index in [0.717, 1.165) is 4.47 Å². The van der Waals surface area contributed by atoms with Gasteiger partial charge in [0, 0.05) is 23.6 Å². The highest BCUT2D eigenvalue weighted by atomic mass is 79.9. The number of piperidine rings is 1. The van der Waals surface area contributed by atoms with Crippen molar-refractivity contribution in [3.05, 3.63) is 76.5 Å². The van der Waals surface area contributed by atoms with Crippen molar-refractivity contribution in [1.29, 1.82) is 0 Å². The van der Waals surface area contributed by atoms with E-state index in [9.17, 15) is 9.59 Å². The Kier molecular flexibility index (Phi) is 6.23. The quantitative estimate of drug-likeness (QED) is 0.579. The molecule has 0 aliphatic carbocycles. The summed E-state index contributed by atoms with van der Waals surface area (Å²) in [4.78, 5) is 26.6. The summed E-state index contributed by atoms with van der Waals surface area (Å²) in [6.45, 7) is 1.40. The third kappa shape index (κ3) is 4.94. The molecule has 1 aliphatic rings. The van der Waals surface area contributed by atoms with Crippen LogP contribution < -0.4 is 10.1 Å². The number of carbonyl (C=O) groups is 2. The van der Waals surface area contributed by atoms with E-state index in [1.807, 2.05) is 24.3 Å². The molecule has 1 aliphatic heterocycles. The molecule has 4 rings (SSSR count). The number of nitrogens with one attached hydrogen (secondary N) is 1. The van der Waals surface area contributed by atoms with Gasteiger partial charge in [0.15, 0.2) is 5.76 Å². The summed E-state index contributed by atoms with van der Waals surface area (Å²) < 4.78 is 17.2. The lowest BCUT2D eigenvalue weighted by molar-refractivity contribution is 0.0694. The number of halogens is 1. The SMILES string of the molecule is O=C(NC1CCN(C(=O)c2ccoc2)CC1)c1ccc(COc2cccc(Br)c2)o1.